The second-order valence-electron chi connectivity index (χ2n) is 5.01. The molecule has 1 unspecified atom stereocenters. The van der Waals surface area contributed by atoms with E-state index in [4.69, 9.17) is 0 Å². The zero-order valence-electron chi connectivity index (χ0n) is 11.3. The normalized spacial score (nSPS) is 20.7. The molecule has 1 heterocycles. The molecular formula is C14H21N3O. The van der Waals surface area contributed by atoms with E-state index in [2.05, 4.69) is 28.5 Å². The Labute approximate surface area is 108 Å². The largest absolute Gasteiger partial charge is 0.324 e. The maximum Gasteiger partial charge on any atom is 0.243 e. The van der Waals surface area contributed by atoms with E-state index in [-0.39, 0.29) is 11.9 Å². The lowest BCUT2D eigenvalue weighted by molar-refractivity contribution is -0.121. The fourth-order valence-corrected chi connectivity index (χ4v) is 2.27. The van der Waals surface area contributed by atoms with E-state index in [0.717, 1.165) is 24.3 Å². The van der Waals surface area contributed by atoms with E-state index in [1.165, 1.54) is 5.56 Å². The average Bonchev–Trinajstić information content (AvgIpc) is 2.33. The van der Waals surface area contributed by atoms with Crippen LogP contribution < -0.4 is 10.6 Å². The molecule has 1 aromatic carbocycles. The summed E-state index contributed by atoms with van der Waals surface area (Å²) in [5.74, 6) is 0.0663. The van der Waals surface area contributed by atoms with Crippen molar-refractivity contribution >= 4 is 11.6 Å². The average molecular weight is 247 g/mol. The highest BCUT2D eigenvalue weighted by Gasteiger charge is 2.25. The molecular weight excluding hydrogens is 226 g/mol. The molecule has 2 N–H and O–H groups in total. The van der Waals surface area contributed by atoms with Crippen LogP contribution in [0.2, 0.25) is 0 Å². The summed E-state index contributed by atoms with van der Waals surface area (Å²) in [4.78, 5) is 14.3. The number of likely N-dealkylation sites (N-methyl/N-ethyl adjacent to an activating group) is 1. The third kappa shape index (κ3) is 2.89. The SMILES string of the molecule is Cc1ccc(NC(=O)C2CNCCN2C)c(C)c1. The van der Waals surface area contributed by atoms with Crippen molar-refractivity contribution in [3.63, 3.8) is 0 Å². The molecule has 2 rings (SSSR count). The maximum atomic E-state index is 12.2. The second kappa shape index (κ2) is 5.50. The van der Waals surface area contributed by atoms with Crippen LogP contribution in [0.1, 0.15) is 11.1 Å². The van der Waals surface area contributed by atoms with Gasteiger partial charge >= 0.3 is 0 Å². The number of hydrogen-bond acceptors (Lipinski definition) is 3. The predicted molar refractivity (Wildman–Crippen MR) is 73.8 cm³/mol. The first kappa shape index (κ1) is 13.1. The molecule has 1 atom stereocenters. The van der Waals surface area contributed by atoms with Gasteiger partial charge in [0, 0.05) is 25.3 Å². The van der Waals surface area contributed by atoms with Crippen molar-refractivity contribution in [2.75, 3.05) is 32.0 Å². The highest BCUT2D eigenvalue weighted by molar-refractivity contribution is 5.95. The number of amides is 1. The second-order valence-corrected chi connectivity index (χ2v) is 5.01. The van der Waals surface area contributed by atoms with Gasteiger partial charge < -0.3 is 10.6 Å². The van der Waals surface area contributed by atoms with Crippen LogP contribution in [0.15, 0.2) is 18.2 Å². The van der Waals surface area contributed by atoms with Crippen LogP contribution in [-0.4, -0.2) is 43.5 Å². The minimum absolute atomic E-state index is 0.0663. The van der Waals surface area contributed by atoms with Crippen LogP contribution in [0.3, 0.4) is 0 Å². The molecule has 1 saturated heterocycles. The van der Waals surface area contributed by atoms with Crippen molar-refractivity contribution in [3.8, 4) is 0 Å². The van der Waals surface area contributed by atoms with Crippen molar-refractivity contribution in [2.24, 2.45) is 0 Å². The Morgan fingerprint density at radius 1 is 1.44 bits per heavy atom. The van der Waals surface area contributed by atoms with Gasteiger partial charge in [0.25, 0.3) is 0 Å². The van der Waals surface area contributed by atoms with E-state index >= 15 is 0 Å². The summed E-state index contributed by atoms with van der Waals surface area (Å²) in [5.41, 5.74) is 3.22. The molecule has 1 aliphatic rings. The fraction of sp³-hybridized carbons (Fsp3) is 0.500. The Balaban J connectivity index is 2.06. The fourth-order valence-electron chi connectivity index (χ4n) is 2.27. The van der Waals surface area contributed by atoms with Crippen molar-refractivity contribution in [3.05, 3.63) is 29.3 Å². The third-order valence-electron chi connectivity index (χ3n) is 3.45. The molecule has 4 heteroatoms. The first-order valence-corrected chi connectivity index (χ1v) is 6.37. The van der Waals surface area contributed by atoms with Gasteiger partial charge in [-0.15, -0.1) is 0 Å². The molecule has 18 heavy (non-hydrogen) atoms. The van der Waals surface area contributed by atoms with Gasteiger partial charge in [-0.25, -0.2) is 0 Å². The number of piperazine rings is 1. The molecule has 0 saturated carbocycles. The quantitative estimate of drug-likeness (QED) is 0.824. The minimum atomic E-state index is -0.0838. The third-order valence-corrected chi connectivity index (χ3v) is 3.45. The monoisotopic (exact) mass is 247 g/mol. The zero-order chi connectivity index (χ0) is 13.1. The molecule has 0 aliphatic carbocycles. The Kier molecular flexibility index (Phi) is 3.99. The van der Waals surface area contributed by atoms with Crippen LogP contribution in [0.5, 0.6) is 0 Å². The van der Waals surface area contributed by atoms with Gasteiger partial charge in [0.15, 0.2) is 0 Å². The molecule has 1 aliphatic heterocycles. The Morgan fingerprint density at radius 3 is 2.89 bits per heavy atom. The summed E-state index contributed by atoms with van der Waals surface area (Å²) in [6.45, 7) is 6.64. The summed E-state index contributed by atoms with van der Waals surface area (Å²) in [6, 6.07) is 5.99. The van der Waals surface area contributed by atoms with E-state index in [9.17, 15) is 4.79 Å². The summed E-state index contributed by atoms with van der Waals surface area (Å²) >= 11 is 0. The number of hydrogen-bond donors (Lipinski definition) is 2. The van der Waals surface area contributed by atoms with Gasteiger partial charge in [0.2, 0.25) is 5.91 Å². The highest BCUT2D eigenvalue weighted by atomic mass is 16.2. The van der Waals surface area contributed by atoms with Crippen LogP contribution >= 0.6 is 0 Å². The highest BCUT2D eigenvalue weighted by Crippen LogP contribution is 2.16. The molecule has 1 aromatic rings. The molecule has 1 fully saturated rings. The molecule has 1 amide bonds. The lowest BCUT2D eigenvalue weighted by Gasteiger charge is -2.32. The molecule has 0 spiro atoms. The summed E-state index contributed by atoms with van der Waals surface area (Å²) < 4.78 is 0. The lowest BCUT2D eigenvalue weighted by atomic mass is 10.1. The Morgan fingerprint density at radius 2 is 2.22 bits per heavy atom. The minimum Gasteiger partial charge on any atom is -0.324 e. The number of rotatable bonds is 2. The predicted octanol–water partition coefficient (Wildman–Crippen LogP) is 1.15. The zero-order valence-corrected chi connectivity index (χ0v) is 11.3. The number of carbonyl (C=O) groups excluding carboxylic acids is 1. The number of nitrogens with zero attached hydrogens (tertiary/aromatic N) is 1. The van der Waals surface area contributed by atoms with Gasteiger partial charge in [-0.1, -0.05) is 17.7 Å². The van der Waals surface area contributed by atoms with Crippen molar-refractivity contribution in [1.82, 2.24) is 10.2 Å². The van der Waals surface area contributed by atoms with Gasteiger partial charge in [-0.05, 0) is 32.5 Å². The van der Waals surface area contributed by atoms with Gasteiger partial charge in [0.1, 0.15) is 6.04 Å². The number of anilines is 1. The van der Waals surface area contributed by atoms with Crippen LogP contribution in [0, 0.1) is 13.8 Å². The molecule has 0 bridgehead atoms. The van der Waals surface area contributed by atoms with Crippen molar-refractivity contribution < 1.29 is 4.79 Å². The molecule has 0 aromatic heterocycles. The van der Waals surface area contributed by atoms with Crippen LogP contribution in [0.4, 0.5) is 5.69 Å². The van der Waals surface area contributed by atoms with E-state index < -0.39 is 0 Å². The Hall–Kier alpha value is -1.39. The Bertz CT molecular complexity index is 445. The first-order valence-electron chi connectivity index (χ1n) is 6.37. The first-order chi connectivity index (χ1) is 8.58. The lowest BCUT2D eigenvalue weighted by Crippen LogP contribution is -2.54. The van der Waals surface area contributed by atoms with Gasteiger partial charge in [-0.3, -0.25) is 9.69 Å². The van der Waals surface area contributed by atoms with Gasteiger partial charge in [0.05, 0.1) is 0 Å². The van der Waals surface area contributed by atoms with E-state index in [1.54, 1.807) is 0 Å². The van der Waals surface area contributed by atoms with Crippen molar-refractivity contribution in [1.29, 1.82) is 0 Å². The smallest absolute Gasteiger partial charge is 0.243 e. The summed E-state index contributed by atoms with van der Waals surface area (Å²) in [6.07, 6.45) is 0. The van der Waals surface area contributed by atoms with Gasteiger partial charge in [-0.2, -0.15) is 0 Å². The topological polar surface area (TPSA) is 44.4 Å². The maximum absolute atomic E-state index is 12.2. The van der Waals surface area contributed by atoms with E-state index in [1.807, 2.05) is 26.1 Å². The standard InChI is InChI=1S/C14H21N3O/c1-10-4-5-12(11(2)8-10)16-14(18)13-9-15-6-7-17(13)3/h4-5,8,13,15H,6-7,9H2,1-3H3,(H,16,18). The number of benzene rings is 1. The van der Waals surface area contributed by atoms with Crippen LogP contribution in [0.25, 0.3) is 0 Å². The molecule has 98 valence electrons. The molecule has 0 radical (unpaired) electrons. The number of carbonyl (C=O) groups is 1. The number of aryl methyl sites for hydroxylation is 2. The van der Waals surface area contributed by atoms with Crippen molar-refractivity contribution in [2.45, 2.75) is 19.9 Å². The molecule has 4 nitrogen and oxygen atoms in total. The van der Waals surface area contributed by atoms with Crippen LogP contribution in [-0.2, 0) is 4.79 Å². The summed E-state index contributed by atoms with van der Waals surface area (Å²) in [5, 5.41) is 6.27. The number of nitrogens with one attached hydrogen (secondary N) is 2. The van der Waals surface area contributed by atoms with E-state index in [0.29, 0.717) is 6.54 Å². The summed E-state index contributed by atoms with van der Waals surface area (Å²) in [7, 11) is 1.99.